The number of rotatable bonds is 4. The molecule has 0 aromatic heterocycles. The Kier molecular flexibility index (Phi) is 4.81. The lowest BCUT2D eigenvalue weighted by atomic mass is 10.2. The molecule has 0 aliphatic rings. The molecule has 0 unspecified atom stereocenters. The van der Waals surface area contributed by atoms with Gasteiger partial charge in [-0.3, -0.25) is 4.72 Å². The fourth-order valence-electron chi connectivity index (χ4n) is 1.63. The van der Waals surface area contributed by atoms with E-state index >= 15 is 0 Å². The fourth-order valence-corrected chi connectivity index (χ4v) is 3.76. The Morgan fingerprint density at radius 3 is 2.15 bits per heavy atom. The molecule has 1 N–H and O–H groups in total. The van der Waals surface area contributed by atoms with Crippen molar-refractivity contribution >= 4 is 50.5 Å². The van der Waals surface area contributed by atoms with Crippen molar-refractivity contribution in [3.8, 4) is 0 Å². The third-order valence-corrected chi connectivity index (χ3v) is 4.65. The fraction of sp³-hybridized carbons (Fsp3) is 0.0769. The first kappa shape index (κ1) is 15.4. The lowest BCUT2D eigenvalue weighted by molar-refractivity contribution is 0.600. The average Bonchev–Trinajstić information content (AvgIpc) is 2.33. The molecule has 2 aromatic rings. The largest absolute Gasteiger partial charge is 0.283 e. The van der Waals surface area contributed by atoms with Crippen LogP contribution >= 0.6 is 34.8 Å². The minimum Gasteiger partial charge on any atom is -0.283 e. The monoisotopic (exact) mass is 349 g/mol. The second-order valence-electron chi connectivity index (χ2n) is 4.07. The zero-order chi connectivity index (χ0) is 14.8. The highest BCUT2D eigenvalue weighted by atomic mass is 35.5. The van der Waals surface area contributed by atoms with Crippen LogP contribution in [0.5, 0.6) is 0 Å². The zero-order valence-electron chi connectivity index (χ0n) is 10.1. The van der Waals surface area contributed by atoms with Crippen LogP contribution in [0.1, 0.15) is 5.56 Å². The number of benzene rings is 2. The Morgan fingerprint density at radius 2 is 1.55 bits per heavy atom. The number of hydrogen-bond acceptors (Lipinski definition) is 2. The number of anilines is 1. The number of nitrogens with one attached hydrogen (secondary N) is 1. The van der Waals surface area contributed by atoms with E-state index in [1.54, 1.807) is 36.4 Å². The summed E-state index contributed by atoms with van der Waals surface area (Å²) in [7, 11) is -3.63. The molecule has 106 valence electrons. The highest BCUT2D eigenvalue weighted by Gasteiger charge is 2.16. The standard InChI is InChI=1S/C13H10Cl3NO2S/c14-9-3-1-4-10(7-9)17-20(18,19)8-11-12(15)5-2-6-13(11)16/h1-7,17H,8H2. The van der Waals surface area contributed by atoms with Gasteiger partial charge >= 0.3 is 0 Å². The predicted molar refractivity (Wildman–Crippen MR) is 84.2 cm³/mol. The number of sulfonamides is 1. The van der Waals surface area contributed by atoms with Gasteiger partial charge in [-0.2, -0.15) is 0 Å². The van der Waals surface area contributed by atoms with Gasteiger partial charge in [-0.1, -0.05) is 46.9 Å². The lowest BCUT2D eigenvalue weighted by Crippen LogP contribution is -2.15. The molecule has 0 heterocycles. The summed E-state index contributed by atoms with van der Waals surface area (Å²) in [5.74, 6) is -0.308. The normalized spacial score (nSPS) is 11.3. The number of hydrogen-bond donors (Lipinski definition) is 1. The van der Waals surface area contributed by atoms with Gasteiger partial charge in [0, 0.05) is 26.3 Å². The number of halogens is 3. The molecule has 0 saturated heterocycles. The van der Waals surface area contributed by atoms with Crippen LogP contribution in [0, 0.1) is 0 Å². The van der Waals surface area contributed by atoms with Crippen LogP contribution in [0.3, 0.4) is 0 Å². The van der Waals surface area contributed by atoms with Crippen molar-refractivity contribution in [2.75, 3.05) is 4.72 Å². The molecule has 0 saturated carbocycles. The smallest absolute Gasteiger partial charge is 0.237 e. The van der Waals surface area contributed by atoms with Gasteiger partial charge in [0.25, 0.3) is 0 Å². The lowest BCUT2D eigenvalue weighted by Gasteiger charge is -2.10. The van der Waals surface area contributed by atoms with E-state index in [0.717, 1.165) is 0 Å². The summed E-state index contributed by atoms with van der Waals surface area (Å²) < 4.78 is 26.7. The maximum Gasteiger partial charge on any atom is 0.237 e. The molecule has 20 heavy (non-hydrogen) atoms. The quantitative estimate of drug-likeness (QED) is 0.876. The van der Waals surface area contributed by atoms with Crippen molar-refractivity contribution in [2.45, 2.75) is 5.75 Å². The first-order chi connectivity index (χ1) is 9.37. The summed E-state index contributed by atoms with van der Waals surface area (Å²) in [6.45, 7) is 0. The van der Waals surface area contributed by atoms with Crippen LogP contribution in [0.15, 0.2) is 42.5 Å². The molecule has 2 aromatic carbocycles. The molecule has 0 radical (unpaired) electrons. The van der Waals surface area contributed by atoms with E-state index in [0.29, 0.717) is 26.3 Å². The molecule has 0 atom stereocenters. The first-order valence-corrected chi connectivity index (χ1v) is 8.35. The molecule has 7 heteroatoms. The summed E-state index contributed by atoms with van der Waals surface area (Å²) in [4.78, 5) is 0. The zero-order valence-corrected chi connectivity index (χ0v) is 13.2. The minimum atomic E-state index is -3.63. The molecule has 0 spiro atoms. The van der Waals surface area contributed by atoms with Gasteiger partial charge in [0.05, 0.1) is 5.75 Å². The van der Waals surface area contributed by atoms with Gasteiger partial charge in [0.15, 0.2) is 0 Å². The molecule has 0 aliphatic heterocycles. The second kappa shape index (κ2) is 6.22. The molecular formula is C13H10Cl3NO2S. The van der Waals surface area contributed by atoms with Crippen molar-refractivity contribution in [2.24, 2.45) is 0 Å². The van der Waals surface area contributed by atoms with Crippen LogP contribution in [0.25, 0.3) is 0 Å². The van der Waals surface area contributed by atoms with Crippen molar-refractivity contribution in [3.63, 3.8) is 0 Å². The van der Waals surface area contributed by atoms with Gasteiger partial charge in [-0.15, -0.1) is 0 Å². The van der Waals surface area contributed by atoms with Crippen molar-refractivity contribution in [3.05, 3.63) is 63.1 Å². The van der Waals surface area contributed by atoms with E-state index < -0.39 is 10.0 Å². The molecule has 0 bridgehead atoms. The summed E-state index contributed by atoms with van der Waals surface area (Å²) >= 11 is 17.7. The maximum absolute atomic E-state index is 12.1. The van der Waals surface area contributed by atoms with E-state index in [2.05, 4.69) is 4.72 Å². The highest BCUT2D eigenvalue weighted by molar-refractivity contribution is 7.91. The molecule has 0 amide bonds. The maximum atomic E-state index is 12.1. The van der Waals surface area contributed by atoms with Gasteiger partial charge < -0.3 is 0 Å². The van der Waals surface area contributed by atoms with Crippen LogP contribution in [-0.2, 0) is 15.8 Å². The molecular weight excluding hydrogens is 341 g/mol. The van der Waals surface area contributed by atoms with Crippen LogP contribution in [0.4, 0.5) is 5.69 Å². The summed E-state index contributed by atoms with van der Waals surface area (Å²) in [5, 5.41) is 1.07. The van der Waals surface area contributed by atoms with Crippen molar-refractivity contribution in [1.29, 1.82) is 0 Å². The molecule has 0 fully saturated rings. The van der Waals surface area contributed by atoms with Crippen LogP contribution in [0.2, 0.25) is 15.1 Å². The van der Waals surface area contributed by atoms with E-state index in [1.165, 1.54) is 6.07 Å². The third kappa shape index (κ3) is 4.03. The second-order valence-corrected chi connectivity index (χ2v) is 7.04. The Labute approximate surface area is 132 Å². The molecule has 0 aliphatic carbocycles. The Morgan fingerprint density at radius 1 is 0.950 bits per heavy atom. The Hall–Kier alpha value is -0.940. The topological polar surface area (TPSA) is 46.2 Å². The van der Waals surface area contributed by atoms with E-state index in [1.807, 2.05) is 0 Å². The van der Waals surface area contributed by atoms with Gasteiger partial charge in [0.1, 0.15) is 0 Å². The van der Waals surface area contributed by atoms with E-state index in [-0.39, 0.29) is 5.75 Å². The summed E-state index contributed by atoms with van der Waals surface area (Å²) in [5.41, 5.74) is 0.756. The average molecular weight is 351 g/mol. The minimum absolute atomic E-state index is 0.308. The first-order valence-electron chi connectivity index (χ1n) is 5.56. The van der Waals surface area contributed by atoms with Gasteiger partial charge in [-0.25, -0.2) is 8.42 Å². The summed E-state index contributed by atoms with van der Waals surface area (Å²) in [6.07, 6.45) is 0. The molecule has 3 nitrogen and oxygen atoms in total. The summed E-state index contributed by atoms with van der Waals surface area (Å²) in [6, 6.07) is 11.3. The predicted octanol–water partition coefficient (Wildman–Crippen LogP) is 4.59. The van der Waals surface area contributed by atoms with Crippen molar-refractivity contribution < 1.29 is 8.42 Å². The molecule has 2 rings (SSSR count). The third-order valence-electron chi connectivity index (χ3n) is 2.49. The Bertz CT molecular complexity index is 712. The highest BCUT2D eigenvalue weighted by Crippen LogP contribution is 2.27. The van der Waals surface area contributed by atoms with Crippen molar-refractivity contribution in [1.82, 2.24) is 0 Å². The Balaban J connectivity index is 2.24. The SMILES string of the molecule is O=S(=O)(Cc1c(Cl)cccc1Cl)Nc1cccc(Cl)c1. The van der Waals surface area contributed by atoms with Crippen LogP contribution < -0.4 is 4.72 Å². The van der Waals surface area contributed by atoms with Crippen LogP contribution in [-0.4, -0.2) is 8.42 Å². The van der Waals surface area contributed by atoms with Gasteiger partial charge in [-0.05, 0) is 30.3 Å². The van der Waals surface area contributed by atoms with E-state index in [4.69, 9.17) is 34.8 Å². The van der Waals surface area contributed by atoms with E-state index in [9.17, 15) is 8.42 Å². The van der Waals surface area contributed by atoms with Gasteiger partial charge in [0.2, 0.25) is 10.0 Å².